The van der Waals surface area contributed by atoms with Crippen LogP contribution >= 0.6 is 0 Å². The molecule has 19 heavy (non-hydrogen) atoms. The van der Waals surface area contributed by atoms with Gasteiger partial charge in [0.05, 0.1) is 0 Å². The Hall–Kier alpha value is -2.25. The van der Waals surface area contributed by atoms with Crippen LogP contribution in [-0.4, -0.2) is 34.6 Å². The maximum Gasteiger partial charge on any atom is 0.471 e. The van der Waals surface area contributed by atoms with E-state index in [-0.39, 0.29) is 4.90 Å². The van der Waals surface area contributed by atoms with Gasteiger partial charge in [-0.1, -0.05) is 12.1 Å². The van der Waals surface area contributed by atoms with Crippen molar-refractivity contribution in [3.63, 3.8) is 0 Å². The number of rotatable bonds is 4. The predicted molar refractivity (Wildman–Crippen MR) is 60.0 cm³/mol. The zero-order valence-electron chi connectivity index (χ0n) is 9.65. The molecule has 0 saturated carbocycles. The largest absolute Gasteiger partial charge is 0.480 e. The molecule has 1 aromatic rings. The van der Waals surface area contributed by atoms with Crippen molar-refractivity contribution in [2.24, 2.45) is 0 Å². The second kappa shape index (κ2) is 5.59. The van der Waals surface area contributed by atoms with E-state index >= 15 is 0 Å². The van der Waals surface area contributed by atoms with Crippen molar-refractivity contribution in [1.29, 1.82) is 0 Å². The molecule has 1 aromatic carbocycles. The summed E-state index contributed by atoms with van der Waals surface area (Å²) in [5.41, 5.74) is 6.09. The molecule has 8 heteroatoms. The van der Waals surface area contributed by atoms with Crippen molar-refractivity contribution in [1.82, 2.24) is 4.90 Å². The molecule has 0 fully saturated rings. The Balaban J connectivity index is 2.92. The molecular weight excluding hydrogens is 265 g/mol. The van der Waals surface area contributed by atoms with Gasteiger partial charge >= 0.3 is 18.1 Å². The van der Waals surface area contributed by atoms with Gasteiger partial charge in [0.1, 0.15) is 6.54 Å². The fourth-order valence-corrected chi connectivity index (χ4v) is 1.45. The van der Waals surface area contributed by atoms with Gasteiger partial charge in [0, 0.05) is 12.2 Å². The number of carboxylic acids is 1. The summed E-state index contributed by atoms with van der Waals surface area (Å²) in [7, 11) is 0. The topological polar surface area (TPSA) is 83.6 Å². The molecule has 104 valence electrons. The van der Waals surface area contributed by atoms with Gasteiger partial charge in [-0.3, -0.25) is 9.59 Å². The number of hydrogen-bond donors (Lipinski definition) is 2. The number of anilines is 1. The number of hydrogen-bond acceptors (Lipinski definition) is 3. The Kier molecular flexibility index (Phi) is 4.36. The molecule has 5 nitrogen and oxygen atoms in total. The van der Waals surface area contributed by atoms with E-state index in [1.165, 1.54) is 24.3 Å². The van der Waals surface area contributed by atoms with Crippen LogP contribution in [0.2, 0.25) is 0 Å². The number of aliphatic carboxylic acids is 1. The van der Waals surface area contributed by atoms with Crippen LogP contribution < -0.4 is 5.73 Å². The number of alkyl halides is 3. The number of nitrogens with zero attached hydrogens (tertiary/aromatic N) is 1. The first-order chi connectivity index (χ1) is 8.70. The highest BCUT2D eigenvalue weighted by atomic mass is 19.4. The molecule has 1 amide bonds. The molecule has 0 saturated heterocycles. The van der Waals surface area contributed by atoms with Crippen LogP contribution in [-0.2, 0) is 16.1 Å². The zero-order chi connectivity index (χ0) is 14.6. The van der Waals surface area contributed by atoms with Gasteiger partial charge in [0.25, 0.3) is 0 Å². The molecule has 0 aliphatic rings. The van der Waals surface area contributed by atoms with E-state index in [1.807, 2.05) is 0 Å². The molecule has 0 atom stereocenters. The summed E-state index contributed by atoms with van der Waals surface area (Å²) >= 11 is 0. The average Bonchev–Trinajstić information content (AvgIpc) is 2.25. The van der Waals surface area contributed by atoms with Crippen molar-refractivity contribution in [3.05, 3.63) is 29.8 Å². The lowest BCUT2D eigenvalue weighted by molar-refractivity contribution is -0.187. The molecule has 0 radical (unpaired) electrons. The third-order valence-corrected chi connectivity index (χ3v) is 2.18. The van der Waals surface area contributed by atoms with E-state index in [9.17, 15) is 22.8 Å². The van der Waals surface area contributed by atoms with Crippen molar-refractivity contribution in [2.45, 2.75) is 12.7 Å². The van der Waals surface area contributed by atoms with E-state index in [0.717, 1.165) is 0 Å². The van der Waals surface area contributed by atoms with E-state index in [4.69, 9.17) is 10.8 Å². The van der Waals surface area contributed by atoms with Crippen molar-refractivity contribution < 1.29 is 27.9 Å². The molecular formula is C11H11F3N2O3. The number of carbonyl (C=O) groups is 2. The molecule has 0 bridgehead atoms. The summed E-state index contributed by atoms with van der Waals surface area (Å²) in [4.78, 5) is 21.8. The lowest BCUT2D eigenvalue weighted by Gasteiger charge is -2.22. The van der Waals surface area contributed by atoms with Crippen LogP contribution in [0.3, 0.4) is 0 Å². The first-order valence-electron chi connectivity index (χ1n) is 5.12. The van der Waals surface area contributed by atoms with Gasteiger partial charge in [0.2, 0.25) is 0 Å². The SMILES string of the molecule is Nc1cccc(CN(CC(=O)O)C(=O)C(F)(F)F)c1. The quantitative estimate of drug-likeness (QED) is 0.810. The van der Waals surface area contributed by atoms with E-state index in [1.54, 1.807) is 0 Å². The number of carbonyl (C=O) groups excluding carboxylic acids is 1. The fraction of sp³-hybridized carbons (Fsp3) is 0.273. The molecule has 1 rings (SSSR count). The summed E-state index contributed by atoms with van der Waals surface area (Å²) < 4.78 is 37.0. The Morgan fingerprint density at radius 3 is 2.42 bits per heavy atom. The van der Waals surface area contributed by atoms with Crippen molar-refractivity contribution in [2.75, 3.05) is 12.3 Å². The van der Waals surface area contributed by atoms with Crippen molar-refractivity contribution >= 4 is 17.6 Å². The zero-order valence-corrected chi connectivity index (χ0v) is 9.65. The number of carboxylic acid groups (broad SMARTS) is 1. The molecule has 0 spiro atoms. The van der Waals surface area contributed by atoms with Gasteiger partial charge in [-0.05, 0) is 17.7 Å². The smallest absolute Gasteiger partial charge is 0.471 e. The number of nitrogens with two attached hydrogens (primary N) is 1. The number of nitrogen functional groups attached to an aromatic ring is 1. The number of amides is 1. The molecule has 0 aromatic heterocycles. The lowest BCUT2D eigenvalue weighted by atomic mass is 10.2. The summed E-state index contributed by atoms with van der Waals surface area (Å²) in [6.45, 7) is -1.51. The highest BCUT2D eigenvalue weighted by molar-refractivity contribution is 5.85. The first-order valence-corrected chi connectivity index (χ1v) is 5.12. The van der Waals surface area contributed by atoms with E-state index in [2.05, 4.69) is 0 Å². The minimum atomic E-state index is -5.12. The third kappa shape index (κ3) is 4.49. The molecule has 0 heterocycles. The van der Waals surface area contributed by atoms with Gasteiger partial charge in [-0.25, -0.2) is 0 Å². The monoisotopic (exact) mass is 276 g/mol. The summed E-state index contributed by atoms with van der Waals surface area (Å²) in [5, 5.41) is 8.55. The Bertz CT molecular complexity index is 488. The highest BCUT2D eigenvalue weighted by Gasteiger charge is 2.42. The Morgan fingerprint density at radius 1 is 1.32 bits per heavy atom. The van der Waals surface area contributed by atoms with Gasteiger partial charge in [-0.2, -0.15) is 13.2 Å². The minimum absolute atomic E-state index is 0.205. The predicted octanol–water partition coefficient (Wildman–Crippen LogP) is 1.24. The first kappa shape index (κ1) is 14.8. The molecule has 3 N–H and O–H groups in total. The molecule has 0 aliphatic carbocycles. The maximum absolute atomic E-state index is 12.3. The van der Waals surface area contributed by atoms with Crippen LogP contribution in [0, 0.1) is 0 Å². The summed E-state index contributed by atoms with van der Waals surface area (Å²) in [5.74, 6) is -3.72. The van der Waals surface area contributed by atoms with E-state index in [0.29, 0.717) is 11.3 Å². The number of halogens is 3. The molecule has 0 unspecified atom stereocenters. The minimum Gasteiger partial charge on any atom is -0.480 e. The second-order valence-electron chi connectivity index (χ2n) is 3.80. The highest BCUT2D eigenvalue weighted by Crippen LogP contribution is 2.20. The molecule has 0 aliphatic heterocycles. The number of benzene rings is 1. The normalized spacial score (nSPS) is 11.1. The summed E-state index contributed by atoms with van der Waals surface area (Å²) in [6.07, 6.45) is -5.12. The van der Waals surface area contributed by atoms with E-state index < -0.39 is 31.1 Å². The van der Waals surface area contributed by atoms with Crippen LogP contribution in [0.1, 0.15) is 5.56 Å². The Morgan fingerprint density at radius 2 is 1.95 bits per heavy atom. The van der Waals surface area contributed by atoms with Crippen molar-refractivity contribution in [3.8, 4) is 0 Å². The third-order valence-electron chi connectivity index (χ3n) is 2.18. The average molecular weight is 276 g/mol. The van der Waals surface area contributed by atoms with Crippen LogP contribution in [0.4, 0.5) is 18.9 Å². The standard InChI is InChI=1S/C11H11F3N2O3/c12-11(13,14)10(19)16(6-9(17)18)5-7-2-1-3-8(15)4-7/h1-4H,5-6,15H2,(H,17,18). The maximum atomic E-state index is 12.3. The Labute approximate surface area is 106 Å². The summed E-state index contributed by atoms with van der Waals surface area (Å²) in [6, 6.07) is 5.85. The lowest BCUT2D eigenvalue weighted by Crippen LogP contribution is -2.43. The van der Waals surface area contributed by atoms with Gasteiger partial charge in [0.15, 0.2) is 0 Å². The van der Waals surface area contributed by atoms with Crippen LogP contribution in [0.25, 0.3) is 0 Å². The van der Waals surface area contributed by atoms with Gasteiger partial charge in [-0.15, -0.1) is 0 Å². The van der Waals surface area contributed by atoms with Crippen LogP contribution in [0.5, 0.6) is 0 Å². The van der Waals surface area contributed by atoms with Gasteiger partial charge < -0.3 is 15.7 Å². The van der Waals surface area contributed by atoms with Crippen LogP contribution in [0.15, 0.2) is 24.3 Å². The second-order valence-corrected chi connectivity index (χ2v) is 3.80. The fourth-order valence-electron chi connectivity index (χ4n) is 1.45.